The first-order chi connectivity index (χ1) is 13.0. The van der Waals surface area contributed by atoms with E-state index in [0.29, 0.717) is 6.54 Å². The SMILES string of the molecule is Cc1cn2c(CN(C)C(=O)COc3cccc4ccccc34)c(C)nc2s1. The molecule has 27 heavy (non-hydrogen) atoms. The number of amides is 1. The summed E-state index contributed by atoms with van der Waals surface area (Å²) in [7, 11) is 1.80. The van der Waals surface area contributed by atoms with Gasteiger partial charge in [0, 0.05) is 23.5 Å². The number of carbonyl (C=O) groups is 1. The summed E-state index contributed by atoms with van der Waals surface area (Å²) in [6.07, 6.45) is 2.07. The minimum atomic E-state index is -0.0655. The zero-order chi connectivity index (χ0) is 19.0. The Morgan fingerprint density at radius 1 is 1.19 bits per heavy atom. The molecular weight excluding hydrogens is 358 g/mol. The molecule has 6 heteroatoms. The van der Waals surface area contributed by atoms with Crippen LogP contribution in [-0.2, 0) is 11.3 Å². The second-order valence-electron chi connectivity index (χ2n) is 6.65. The van der Waals surface area contributed by atoms with Gasteiger partial charge in [0.2, 0.25) is 0 Å². The number of carbonyl (C=O) groups excluding carboxylic acids is 1. The van der Waals surface area contributed by atoms with Gasteiger partial charge in [-0.25, -0.2) is 4.98 Å². The van der Waals surface area contributed by atoms with Gasteiger partial charge in [-0.05, 0) is 25.3 Å². The Hall–Kier alpha value is -2.86. The third kappa shape index (κ3) is 3.40. The van der Waals surface area contributed by atoms with Crippen molar-refractivity contribution < 1.29 is 9.53 Å². The number of imidazole rings is 1. The maximum absolute atomic E-state index is 12.6. The number of aryl methyl sites for hydroxylation is 2. The van der Waals surface area contributed by atoms with Gasteiger partial charge in [0.1, 0.15) is 5.75 Å². The van der Waals surface area contributed by atoms with Crippen molar-refractivity contribution in [3.63, 3.8) is 0 Å². The molecule has 0 aliphatic heterocycles. The second kappa shape index (κ2) is 7.04. The number of thiazole rings is 1. The molecule has 138 valence electrons. The molecule has 2 heterocycles. The number of aromatic nitrogens is 2. The van der Waals surface area contributed by atoms with Crippen LogP contribution in [-0.4, -0.2) is 33.8 Å². The van der Waals surface area contributed by atoms with Crippen LogP contribution in [0.2, 0.25) is 0 Å². The Balaban J connectivity index is 1.47. The molecule has 0 aliphatic carbocycles. The number of rotatable bonds is 5. The fourth-order valence-corrected chi connectivity index (χ4v) is 4.07. The standard InChI is InChI=1S/C21H21N3O2S/c1-14-11-24-18(15(2)22-21(24)27-14)12-23(3)20(25)13-26-19-10-6-8-16-7-4-5-9-17(16)19/h4-11H,12-13H2,1-3H3. The predicted molar refractivity (Wildman–Crippen MR) is 108 cm³/mol. The van der Waals surface area contributed by atoms with Crippen molar-refractivity contribution in [2.24, 2.45) is 0 Å². The van der Waals surface area contributed by atoms with Crippen LogP contribution in [0.1, 0.15) is 16.3 Å². The van der Waals surface area contributed by atoms with Crippen molar-refractivity contribution in [1.82, 2.24) is 14.3 Å². The first-order valence-electron chi connectivity index (χ1n) is 8.81. The van der Waals surface area contributed by atoms with Crippen molar-refractivity contribution in [1.29, 1.82) is 0 Å². The van der Waals surface area contributed by atoms with Gasteiger partial charge in [-0.15, -0.1) is 11.3 Å². The van der Waals surface area contributed by atoms with Crippen LogP contribution in [0.5, 0.6) is 5.75 Å². The Bertz CT molecular complexity index is 1120. The predicted octanol–water partition coefficient (Wildman–Crippen LogP) is 4.20. The van der Waals surface area contributed by atoms with Gasteiger partial charge in [0.15, 0.2) is 11.6 Å². The minimum absolute atomic E-state index is 0.00810. The Labute approximate surface area is 161 Å². The monoisotopic (exact) mass is 379 g/mol. The van der Waals surface area contributed by atoms with E-state index in [1.165, 1.54) is 4.88 Å². The molecular formula is C21H21N3O2S. The topological polar surface area (TPSA) is 46.8 Å². The van der Waals surface area contributed by atoms with Crippen molar-refractivity contribution in [2.45, 2.75) is 20.4 Å². The Kier molecular flexibility index (Phi) is 4.58. The molecule has 0 N–H and O–H groups in total. The first kappa shape index (κ1) is 17.5. The van der Waals surface area contributed by atoms with Gasteiger partial charge < -0.3 is 9.64 Å². The number of hydrogen-bond acceptors (Lipinski definition) is 4. The molecule has 5 nitrogen and oxygen atoms in total. The number of benzene rings is 2. The van der Waals surface area contributed by atoms with E-state index < -0.39 is 0 Å². The van der Waals surface area contributed by atoms with Crippen LogP contribution in [0.25, 0.3) is 15.7 Å². The molecule has 0 radical (unpaired) electrons. The van der Waals surface area contributed by atoms with Gasteiger partial charge >= 0.3 is 0 Å². The van der Waals surface area contributed by atoms with Crippen LogP contribution < -0.4 is 4.74 Å². The highest BCUT2D eigenvalue weighted by Crippen LogP contribution is 2.25. The van der Waals surface area contributed by atoms with Crippen LogP contribution in [0.15, 0.2) is 48.7 Å². The quantitative estimate of drug-likeness (QED) is 0.522. The fourth-order valence-electron chi connectivity index (χ4n) is 3.18. The molecule has 0 aliphatic rings. The molecule has 0 fully saturated rings. The van der Waals surface area contributed by atoms with Crippen molar-refractivity contribution in [3.05, 3.63) is 64.9 Å². The molecule has 1 amide bonds. The maximum Gasteiger partial charge on any atom is 0.260 e. The molecule has 0 atom stereocenters. The molecule has 0 bridgehead atoms. The van der Waals surface area contributed by atoms with Crippen molar-refractivity contribution in [2.75, 3.05) is 13.7 Å². The van der Waals surface area contributed by atoms with E-state index in [1.54, 1.807) is 23.3 Å². The smallest absolute Gasteiger partial charge is 0.260 e. The van der Waals surface area contributed by atoms with E-state index in [9.17, 15) is 4.79 Å². The van der Waals surface area contributed by atoms with Crippen molar-refractivity contribution >= 4 is 33.0 Å². The summed E-state index contributed by atoms with van der Waals surface area (Å²) in [5.41, 5.74) is 1.99. The molecule has 0 saturated heterocycles. The lowest BCUT2D eigenvalue weighted by Crippen LogP contribution is -2.31. The second-order valence-corrected chi connectivity index (χ2v) is 7.87. The van der Waals surface area contributed by atoms with Gasteiger partial charge in [0.05, 0.1) is 17.9 Å². The van der Waals surface area contributed by atoms with E-state index in [0.717, 1.165) is 32.9 Å². The minimum Gasteiger partial charge on any atom is -0.483 e. The molecule has 2 aromatic heterocycles. The number of nitrogens with zero attached hydrogens (tertiary/aromatic N) is 3. The highest BCUT2D eigenvalue weighted by Gasteiger charge is 2.17. The largest absolute Gasteiger partial charge is 0.483 e. The normalized spacial score (nSPS) is 11.2. The van der Waals surface area contributed by atoms with Crippen LogP contribution in [0, 0.1) is 13.8 Å². The van der Waals surface area contributed by atoms with Gasteiger partial charge in [-0.2, -0.15) is 0 Å². The third-order valence-corrected chi connectivity index (χ3v) is 5.55. The zero-order valence-electron chi connectivity index (χ0n) is 15.6. The fraction of sp³-hybridized carbons (Fsp3) is 0.238. The molecule has 4 rings (SSSR count). The van der Waals surface area contributed by atoms with Gasteiger partial charge in [0.25, 0.3) is 5.91 Å². The molecule has 0 saturated carbocycles. The average molecular weight is 379 g/mol. The van der Waals surface area contributed by atoms with E-state index >= 15 is 0 Å². The molecule has 0 unspecified atom stereocenters. The number of hydrogen-bond donors (Lipinski definition) is 0. The lowest BCUT2D eigenvalue weighted by atomic mass is 10.1. The van der Waals surface area contributed by atoms with E-state index in [1.807, 2.05) is 49.4 Å². The molecule has 0 spiro atoms. The van der Waals surface area contributed by atoms with Gasteiger partial charge in [-0.3, -0.25) is 9.20 Å². The summed E-state index contributed by atoms with van der Waals surface area (Å²) in [5.74, 6) is 0.662. The van der Waals surface area contributed by atoms with E-state index in [2.05, 4.69) is 22.5 Å². The lowest BCUT2D eigenvalue weighted by Gasteiger charge is -2.18. The summed E-state index contributed by atoms with van der Waals surface area (Å²) >= 11 is 1.65. The maximum atomic E-state index is 12.6. The van der Waals surface area contributed by atoms with Crippen LogP contribution in [0.3, 0.4) is 0 Å². The Morgan fingerprint density at radius 3 is 2.81 bits per heavy atom. The lowest BCUT2D eigenvalue weighted by molar-refractivity contribution is -0.132. The Morgan fingerprint density at radius 2 is 1.96 bits per heavy atom. The third-order valence-electron chi connectivity index (χ3n) is 4.65. The molecule has 4 aromatic rings. The average Bonchev–Trinajstić information content (AvgIpc) is 3.15. The highest BCUT2D eigenvalue weighted by atomic mass is 32.1. The van der Waals surface area contributed by atoms with Crippen molar-refractivity contribution in [3.8, 4) is 5.75 Å². The number of likely N-dealkylation sites (N-methyl/N-ethyl adjacent to an activating group) is 1. The summed E-state index contributed by atoms with van der Waals surface area (Å²) in [5, 5.41) is 2.11. The number of fused-ring (bicyclic) bond motifs is 2. The highest BCUT2D eigenvalue weighted by molar-refractivity contribution is 7.17. The van der Waals surface area contributed by atoms with Crippen LogP contribution in [0.4, 0.5) is 0 Å². The first-order valence-corrected chi connectivity index (χ1v) is 9.63. The van der Waals surface area contributed by atoms with E-state index in [-0.39, 0.29) is 12.5 Å². The number of ether oxygens (including phenoxy) is 1. The summed E-state index contributed by atoms with van der Waals surface area (Å²) < 4.78 is 7.91. The summed E-state index contributed by atoms with van der Waals surface area (Å²) in [6, 6.07) is 13.9. The van der Waals surface area contributed by atoms with E-state index in [4.69, 9.17) is 4.74 Å². The van der Waals surface area contributed by atoms with Gasteiger partial charge in [-0.1, -0.05) is 36.4 Å². The summed E-state index contributed by atoms with van der Waals surface area (Å²) in [6.45, 7) is 4.55. The molecule has 2 aromatic carbocycles. The van der Waals surface area contributed by atoms with Crippen LogP contribution >= 0.6 is 11.3 Å². The summed E-state index contributed by atoms with van der Waals surface area (Å²) in [4.78, 5) is 21.0. The zero-order valence-corrected chi connectivity index (χ0v) is 16.4.